The van der Waals surface area contributed by atoms with Crippen LogP contribution in [-0.2, 0) is 0 Å². The lowest BCUT2D eigenvalue weighted by molar-refractivity contribution is 0.102. The fourth-order valence-corrected chi connectivity index (χ4v) is 3.34. The SMILES string of the molecule is Cc1onc(-c2ccccc2Cl)c1C(=O)Nc1ccc(C2CCC2)cn1. The second-order valence-corrected chi connectivity index (χ2v) is 6.91. The van der Waals surface area contributed by atoms with Gasteiger partial charge in [0, 0.05) is 11.8 Å². The van der Waals surface area contributed by atoms with Crippen molar-refractivity contribution in [1.82, 2.24) is 10.1 Å². The molecule has 0 atom stereocenters. The van der Waals surface area contributed by atoms with Crippen molar-refractivity contribution in [3.63, 3.8) is 0 Å². The van der Waals surface area contributed by atoms with Crippen molar-refractivity contribution in [3.05, 3.63) is 64.5 Å². The average Bonchev–Trinajstić information content (AvgIpc) is 2.97. The zero-order valence-corrected chi connectivity index (χ0v) is 15.1. The molecule has 0 radical (unpaired) electrons. The minimum absolute atomic E-state index is 0.317. The van der Waals surface area contributed by atoms with E-state index in [2.05, 4.69) is 15.5 Å². The van der Waals surface area contributed by atoms with Crippen LogP contribution in [0.4, 0.5) is 5.82 Å². The Labute approximate surface area is 156 Å². The van der Waals surface area contributed by atoms with E-state index in [1.165, 1.54) is 24.8 Å². The van der Waals surface area contributed by atoms with Crippen LogP contribution in [0.1, 0.15) is 46.9 Å². The van der Waals surface area contributed by atoms with Crippen LogP contribution in [0.3, 0.4) is 0 Å². The van der Waals surface area contributed by atoms with Crippen LogP contribution < -0.4 is 5.32 Å². The van der Waals surface area contributed by atoms with Gasteiger partial charge in [0.25, 0.3) is 5.91 Å². The number of carbonyl (C=O) groups is 1. The van der Waals surface area contributed by atoms with Gasteiger partial charge in [0.2, 0.25) is 0 Å². The van der Waals surface area contributed by atoms with Crippen molar-refractivity contribution in [1.29, 1.82) is 0 Å². The molecule has 0 bridgehead atoms. The second kappa shape index (κ2) is 6.92. The van der Waals surface area contributed by atoms with Crippen LogP contribution in [0.2, 0.25) is 5.02 Å². The van der Waals surface area contributed by atoms with Crippen molar-refractivity contribution in [3.8, 4) is 11.3 Å². The highest BCUT2D eigenvalue weighted by Gasteiger charge is 2.24. The first-order valence-corrected chi connectivity index (χ1v) is 9.00. The summed E-state index contributed by atoms with van der Waals surface area (Å²) in [5.74, 6) is 1.23. The Balaban J connectivity index is 1.59. The van der Waals surface area contributed by atoms with Crippen LogP contribution in [-0.4, -0.2) is 16.0 Å². The standard InChI is InChI=1S/C20H18ClN3O2/c1-12-18(19(24-26-12)15-7-2-3-8-16(15)21)20(25)23-17-10-9-14(11-22-17)13-5-4-6-13/h2-3,7-11,13H,4-6H2,1H3,(H,22,23,25). The summed E-state index contributed by atoms with van der Waals surface area (Å²) in [6.45, 7) is 1.70. The van der Waals surface area contributed by atoms with E-state index in [0.29, 0.717) is 39.3 Å². The highest BCUT2D eigenvalue weighted by molar-refractivity contribution is 6.33. The maximum absolute atomic E-state index is 12.8. The molecule has 26 heavy (non-hydrogen) atoms. The predicted octanol–water partition coefficient (Wildman–Crippen LogP) is 5.22. The average molecular weight is 368 g/mol. The molecule has 1 fully saturated rings. The lowest BCUT2D eigenvalue weighted by Crippen LogP contribution is -2.15. The van der Waals surface area contributed by atoms with Gasteiger partial charge in [-0.05, 0) is 43.4 Å². The van der Waals surface area contributed by atoms with Crippen molar-refractivity contribution < 1.29 is 9.32 Å². The number of anilines is 1. The summed E-state index contributed by atoms with van der Waals surface area (Å²) in [5.41, 5.74) is 2.68. The molecule has 6 heteroatoms. The van der Waals surface area contributed by atoms with Gasteiger partial charge in [-0.1, -0.05) is 47.4 Å². The van der Waals surface area contributed by atoms with Crippen molar-refractivity contribution in [2.75, 3.05) is 5.32 Å². The molecule has 1 aliphatic carbocycles. The van der Waals surface area contributed by atoms with E-state index in [1.54, 1.807) is 13.0 Å². The van der Waals surface area contributed by atoms with Crippen LogP contribution in [0, 0.1) is 6.92 Å². The number of aromatic nitrogens is 2. The Morgan fingerprint density at radius 1 is 1.23 bits per heavy atom. The van der Waals surface area contributed by atoms with Crippen molar-refractivity contribution >= 4 is 23.3 Å². The molecule has 1 aliphatic rings. The Bertz CT molecular complexity index is 946. The van der Waals surface area contributed by atoms with E-state index in [0.717, 1.165) is 0 Å². The normalized spacial score (nSPS) is 14.1. The van der Waals surface area contributed by atoms with Crippen molar-refractivity contribution in [2.24, 2.45) is 0 Å². The molecule has 1 aromatic carbocycles. The monoisotopic (exact) mass is 367 g/mol. The number of rotatable bonds is 4. The van der Waals surface area contributed by atoms with Gasteiger partial charge in [-0.2, -0.15) is 0 Å². The molecular formula is C20H18ClN3O2. The minimum Gasteiger partial charge on any atom is -0.360 e. The molecule has 0 spiro atoms. The van der Waals surface area contributed by atoms with E-state index in [1.807, 2.05) is 36.5 Å². The molecule has 2 heterocycles. The maximum atomic E-state index is 12.8. The third-order valence-corrected chi connectivity index (χ3v) is 5.15. The number of benzene rings is 1. The number of hydrogen-bond donors (Lipinski definition) is 1. The fraction of sp³-hybridized carbons (Fsp3) is 0.250. The van der Waals surface area contributed by atoms with E-state index < -0.39 is 0 Å². The number of nitrogens with one attached hydrogen (secondary N) is 1. The first-order chi connectivity index (χ1) is 12.6. The zero-order valence-electron chi connectivity index (χ0n) is 14.3. The summed E-state index contributed by atoms with van der Waals surface area (Å²) in [6.07, 6.45) is 5.55. The molecule has 0 unspecified atom stereocenters. The Morgan fingerprint density at radius 2 is 2.04 bits per heavy atom. The molecule has 132 valence electrons. The fourth-order valence-electron chi connectivity index (χ4n) is 3.12. The number of halogens is 1. The largest absolute Gasteiger partial charge is 0.360 e. The van der Waals surface area contributed by atoms with Crippen LogP contribution in [0.15, 0.2) is 47.1 Å². The zero-order chi connectivity index (χ0) is 18.1. The second-order valence-electron chi connectivity index (χ2n) is 6.50. The smallest absolute Gasteiger partial charge is 0.262 e. The van der Waals surface area contributed by atoms with Gasteiger partial charge >= 0.3 is 0 Å². The molecule has 4 rings (SSSR count). The molecule has 1 N–H and O–H groups in total. The number of amides is 1. The lowest BCUT2D eigenvalue weighted by Gasteiger charge is -2.25. The van der Waals surface area contributed by atoms with Crippen LogP contribution in [0.25, 0.3) is 11.3 Å². The molecule has 1 saturated carbocycles. The summed E-state index contributed by atoms with van der Waals surface area (Å²) in [7, 11) is 0. The summed E-state index contributed by atoms with van der Waals surface area (Å²) < 4.78 is 5.25. The number of pyridine rings is 1. The molecule has 0 saturated heterocycles. The highest BCUT2D eigenvalue weighted by atomic mass is 35.5. The number of nitrogens with zero attached hydrogens (tertiary/aromatic N) is 2. The molecule has 0 aliphatic heterocycles. The topological polar surface area (TPSA) is 68.0 Å². The molecule has 3 aromatic rings. The van der Waals surface area contributed by atoms with Gasteiger partial charge < -0.3 is 9.84 Å². The third kappa shape index (κ3) is 3.10. The molecule has 2 aromatic heterocycles. The molecule has 5 nitrogen and oxygen atoms in total. The predicted molar refractivity (Wildman–Crippen MR) is 100 cm³/mol. The van der Waals surface area contributed by atoms with Gasteiger partial charge in [-0.25, -0.2) is 4.98 Å². The van der Waals surface area contributed by atoms with Gasteiger partial charge in [0.15, 0.2) is 0 Å². The quantitative estimate of drug-likeness (QED) is 0.686. The van der Waals surface area contributed by atoms with E-state index in [-0.39, 0.29) is 5.91 Å². The maximum Gasteiger partial charge on any atom is 0.262 e. The van der Waals surface area contributed by atoms with E-state index >= 15 is 0 Å². The van der Waals surface area contributed by atoms with Crippen molar-refractivity contribution in [2.45, 2.75) is 32.1 Å². The van der Waals surface area contributed by atoms with Crippen LogP contribution >= 0.6 is 11.6 Å². The third-order valence-electron chi connectivity index (χ3n) is 4.82. The molecule has 1 amide bonds. The Morgan fingerprint density at radius 3 is 2.69 bits per heavy atom. The first kappa shape index (κ1) is 16.8. The van der Waals surface area contributed by atoms with Crippen LogP contribution in [0.5, 0.6) is 0 Å². The minimum atomic E-state index is -0.317. The van der Waals surface area contributed by atoms with Gasteiger partial charge in [0.05, 0.1) is 5.02 Å². The van der Waals surface area contributed by atoms with Gasteiger partial charge in [0.1, 0.15) is 22.8 Å². The summed E-state index contributed by atoms with van der Waals surface area (Å²) in [4.78, 5) is 17.2. The van der Waals surface area contributed by atoms with Gasteiger partial charge in [-0.15, -0.1) is 0 Å². The van der Waals surface area contributed by atoms with E-state index in [9.17, 15) is 4.79 Å². The number of aryl methyl sites for hydroxylation is 1. The Hall–Kier alpha value is -2.66. The molecular weight excluding hydrogens is 350 g/mol. The summed E-state index contributed by atoms with van der Waals surface area (Å²) >= 11 is 6.25. The first-order valence-electron chi connectivity index (χ1n) is 8.62. The number of hydrogen-bond acceptors (Lipinski definition) is 4. The van der Waals surface area contributed by atoms with E-state index in [4.69, 9.17) is 16.1 Å². The number of carbonyl (C=O) groups excluding carboxylic acids is 1. The summed E-state index contributed by atoms with van der Waals surface area (Å²) in [6, 6.07) is 11.1. The summed E-state index contributed by atoms with van der Waals surface area (Å²) in [5, 5.41) is 7.36. The lowest BCUT2D eigenvalue weighted by atomic mass is 9.81. The highest BCUT2D eigenvalue weighted by Crippen LogP contribution is 2.36. The van der Waals surface area contributed by atoms with Gasteiger partial charge in [-0.3, -0.25) is 4.79 Å². The Kier molecular flexibility index (Phi) is 4.47.